The molecular formula is C16H20ClN3O3. The number of benzene rings is 1. The largest absolute Gasteiger partial charge is 0.460 e. The molecule has 2 atom stereocenters. The van der Waals surface area contributed by atoms with E-state index in [0.717, 1.165) is 18.8 Å². The lowest BCUT2D eigenvalue weighted by atomic mass is 10.1. The Balaban J connectivity index is 0.00000192. The van der Waals surface area contributed by atoms with Gasteiger partial charge in [-0.05, 0) is 18.1 Å². The van der Waals surface area contributed by atoms with Gasteiger partial charge in [-0.2, -0.15) is 0 Å². The molecule has 0 aliphatic carbocycles. The molecule has 2 aromatic rings. The highest BCUT2D eigenvalue weighted by Crippen LogP contribution is 2.27. The summed E-state index contributed by atoms with van der Waals surface area (Å²) in [5, 5.41) is 10.8. The van der Waals surface area contributed by atoms with E-state index < -0.39 is 4.92 Å². The minimum atomic E-state index is -0.402. The van der Waals surface area contributed by atoms with Crippen LogP contribution in [-0.4, -0.2) is 29.0 Å². The maximum absolute atomic E-state index is 10.8. The molecule has 6 nitrogen and oxygen atoms in total. The zero-order chi connectivity index (χ0) is 15.7. The van der Waals surface area contributed by atoms with Crippen LogP contribution in [0.2, 0.25) is 0 Å². The smallest absolute Gasteiger partial charge is 0.270 e. The zero-order valence-corrected chi connectivity index (χ0v) is 13.7. The van der Waals surface area contributed by atoms with Gasteiger partial charge in [0.15, 0.2) is 0 Å². The molecule has 23 heavy (non-hydrogen) atoms. The van der Waals surface area contributed by atoms with Gasteiger partial charge in [0.25, 0.3) is 5.69 Å². The van der Waals surface area contributed by atoms with Crippen LogP contribution in [0, 0.1) is 16.0 Å². The molecule has 3 rings (SSSR count). The van der Waals surface area contributed by atoms with Gasteiger partial charge in [0, 0.05) is 36.8 Å². The predicted molar refractivity (Wildman–Crippen MR) is 90.5 cm³/mol. The summed E-state index contributed by atoms with van der Waals surface area (Å²) in [5.41, 5.74) is 6.81. The van der Waals surface area contributed by atoms with E-state index in [1.54, 1.807) is 6.07 Å². The fourth-order valence-electron chi connectivity index (χ4n) is 2.84. The highest BCUT2D eigenvalue weighted by molar-refractivity contribution is 5.85. The minimum Gasteiger partial charge on any atom is -0.460 e. The molecule has 0 spiro atoms. The van der Waals surface area contributed by atoms with Crippen LogP contribution in [0.1, 0.15) is 12.7 Å². The molecule has 1 aliphatic rings. The van der Waals surface area contributed by atoms with Crippen LogP contribution in [0.5, 0.6) is 0 Å². The van der Waals surface area contributed by atoms with E-state index in [0.29, 0.717) is 23.8 Å². The van der Waals surface area contributed by atoms with E-state index in [1.165, 1.54) is 12.1 Å². The first-order chi connectivity index (χ1) is 10.5. The number of hydrogen-bond acceptors (Lipinski definition) is 5. The normalized spacial score (nSPS) is 21.1. The van der Waals surface area contributed by atoms with E-state index >= 15 is 0 Å². The molecule has 0 radical (unpaired) electrons. The fraction of sp³-hybridized carbons (Fsp3) is 0.375. The number of rotatable bonds is 4. The molecular weight excluding hydrogens is 318 g/mol. The average Bonchev–Trinajstić information content (AvgIpc) is 3.07. The molecule has 1 aliphatic heterocycles. The van der Waals surface area contributed by atoms with Gasteiger partial charge in [-0.25, -0.2) is 0 Å². The van der Waals surface area contributed by atoms with E-state index in [-0.39, 0.29) is 24.1 Å². The van der Waals surface area contributed by atoms with Crippen LogP contribution in [0.25, 0.3) is 11.3 Å². The number of nitrogens with two attached hydrogens (primary N) is 1. The van der Waals surface area contributed by atoms with E-state index in [9.17, 15) is 10.1 Å². The van der Waals surface area contributed by atoms with Crippen molar-refractivity contribution in [1.82, 2.24) is 4.90 Å². The number of nitro groups is 1. The van der Waals surface area contributed by atoms with Gasteiger partial charge < -0.3 is 10.2 Å². The Labute approximate surface area is 140 Å². The topological polar surface area (TPSA) is 85.5 Å². The fourth-order valence-corrected chi connectivity index (χ4v) is 2.84. The van der Waals surface area contributed by atoms with Crippen molar-refractivity contribution < 1.29 is 9.34 Å². The Morgan fingerprint density at radius 1 is 1.35 bits per heavy atom. The summed E-state index contributed by atoms with van der Waals surface area (Å²) in [6.45, 7) is 4.70. The number of hydrogen-bond donors (Lipinski definition) is 1. The second-order valence-electron chi connectivity index (χ2n) is 5.91. The third-order valence-corrected chi connectivity index (χ3v) is 4.13. The van der Waals surface area contributed by atoms with Crippen LogP contribution >= 0.6 is 12.4 Å². The summed E-state index contributed by atoms with van der Waals surface area (Å²) < 4.78 is 5.83. The van der Waals surface area contributed by atoms with Crippen LogP contribution in [-0.2, 0) is 6.54 Å². The molecule has 0 saturated carbocycles. The van der Waals surface area contributed by atoms with Crippen molar-refractivity contribution in [3.8, 4) is 11.3 Å². The third kappa shape index (κ3) is 3.90. The summed E-state index contributed by atoms with van der Waals surface area (Å²) in [6, 6.07) is 10.5. The monoisotopic (exact) mass is 337 g/mol. The van der Waals surface area contributed by atoms with Crippen molar-refractivity contribution in [2.75, 3.05) is 13.1 Å². The Morgan fingerprint density at radius 3 is 2.78 bits per heavy atom. The summed E-state index contributed by atoms with van der Waals surface area (Å²) in [6.07, 6.45) is 0. The van der Waals surface area contributed by atoms with Gasteiger partial charge in [0.2, 0.25) is 0 Å². The van der Waals surface area contributed by atoms with Gasteiger partial charge in [0.1, 0.15) is 11.5 Å². The third-order valence-electron chi connectivity index (χ3n) is 4.13. The lowest BCUT2D eigenvalue weighted by Crippen LogP contribution is -2.28. The van der Waals surface area contributed by atoms with Crippen molar-refractivity contribution in [2.45, 2.75) is 19.5 Å². The molecule has 1 fully saturated rings. The number of nitro benzene ring substituents is 1. The summed E-state index contributed by atoms with van der Waals surface area (Å²) in [7, 11) is 0. The highest BCUT2D eigenvalue weighted by Gasteiger charge is 2.27. The second-order valence-corrected chi connectivity index (χ2v) is 5.91. The molecule has 7 heteroatoms. The summed E-state index contributed by atoms with van der Waals surface area (Å²) >= 11 is 0. The quantitative estimate of drug-likeness (QED) is 0.684. The molecule has 2 heterocycles. The van der Waals surface area contributed by atoms with Gasteiger partial charge >= 0.3 is 0 Å². The van der Waals surface area contributed by atoms with Gasteiger partial charge in [-0.15, -0.1) is 12.4 Å². The predicted octanol–water partition coefficient (Wildman–Crippen LogP) is 3.06. The Kier molecular flexibility index (Phi) is 5.41. The maximum Gasteiger partial charge on any atom is 0.270 e. The number of non-ortho nitro benzene ring substituents is 1. The van der Waals surface area contributed by atoms with E-state index in [1.807, 2.05) is 18.2 Å². The Bertz CT molecular complexity index is 679. The Hall–Kier alpha value is -1.89. The standard InChI is InChI=1S/C16H19N3O3.ClH/c1-11-8-18(10-15(11)17)9-14-5-6-16(22-14)12-3-2-4-13(7-12)19(20)21;/h2-7,11,15H,8-10,17H2,1H3;1H. The number of nitrogens with zero attached hydrogens (tertiary/aromatic N) is 2. The highest BCUT2D eigenvalue weighted by atomic mass is 35.5. The molecule has 1 saturated heterocycles. The molecule has 0 bridgehead atoms. The van der Waals surface area contributed by atoms with Crippen molar-refractivity contribution in [3.05, 3.63) is 52.3 Å². The first-order valence-corrected chi connectivity index (χ1v) is 7.34. The number of likely N-dealkylation sites (tertiary alicyclic amines) is 1. The lowest BCUT2D eigenvalue weighted by Gasteiger charge is -2.12. The molecule has 2 unspecified atom stereocenters. The maximum atomic E-state index is 10.8. The average molecular weight is 338 g/mol. The molecule has 2 N–H and O–H groups in total. The van der Waals surface area contributed by atoms with Crippen LogP contribution in [0.15, 0.2) is 40.8 Å². The van der Waals surface area contributed by atoms with Crippen molar-refractivity contribution in [3.63, 3.8) is 0 Å². The molecule has 1 aromatic heterocycles. The second kappa shape index (κ2) is 7.12. The first kappa shape index (κ1) is 17.5. The summed E-state index contributed by atoms with van der Waals surface area (Å²) in [5.74, 6) is 1.99. The van der Waals surface area contributed by atoms with E-state index in [4.69, 9.17) is 10.2 Å². The Morgan fingerprint density at radius 2 is 2.13 bits per heavy atom. The molecule has 0 amide bonds. The van der Waals surface area contributed by atoms with Gasteiger partial charge in [-0.3, -0.25) is 15.0 Å². The SMILES string of the molecule is CC1CN(Cc2ccc(-c3cccc([N+](=O)[O-])c3)o2)CC1N.Cl. The van der Waals surface area contributed by atoms with Crippen LogP contribution in [0.4, 0.5) is 5.69 Å². The van der Waals surface area contributed by atoms with Gasteiger partial charge in [0.05, 0.1) is 11.5 Å². The molecule has 1 aromatic carbocycles. The van der Waals surface area contributed by atoms with Crippen molar-refractivity contribution in [2.24, 2.45) is 11.7 Å². The van der Waals surface area contributed by atoms with Crippen LogP contribution in [0.3, 0.4) is 0 Å². The van der Waals surface area contributed by atoms with Crippen molar-refractivity contribution >= 4 is 18.1 Å². The minimum absolute atomic E-state index is 0. The number of halogens is 1. The van der Waals surface area contributed by atoms with Gasteiger partial charge in [-0.1, -0.05) is 19.1 Å². The molecule has 124 valence electrons. The van der Waals surface area contributed by atoms with E-state index in [2.05, 4.69) is 11.8 Å². The van der Waals surface area contributed by atoms with Crippen molar-refractivity contribution in [1.29, 1.82) is 0 Å². The summed E-state index contributed by atoms with van der Waals surface area (Å²) in [4.78, 5) is 12.7. The van der Waals surface area contributed by atoms with Crippen LogP contribution < -0.4 is 5.73 Å². The lowest BCUT2D eigenvalue weighted by molar-refractivity contribution is -0.384. The zero-order valence-electron chi connectivity index (χ0n) is 12.8. The number of furan rings is 1. The first-order valence-electron chi connectivity index (χ1n) is 7.34.